The number of nitrogens with zero attached hydrogens (tertiary/aromatic N) is 2. The van der Waals surface area contributed by atoms with Gasteiger partial charge in [0.15, 0.2) is 0 Å². The van der Waals surface area contributed by atoms with Gasteiger partial charge in [-0.2, -0.15) is 0 Å². The highest BCUT2D eigenvalue weighted by Gasteiger charge is 2.51. The minimum atomic E-state index is -0.120. The first kappa shape index (κ1) is 14.9. The predicted molar refractivity (Wildman–Crippen MR) is 83.6 cm³/mol. The topological polar surface area (TPSA) is 32.5 Å². The van der Waals surface area contributed by atoms with E-state index < -0.39 is 0 Å². The number of benzene rings is 1. The van der Waals surface area contributed by atoms with E-state index in [0.29, 0.717) is 12.6 Å². The van der Waals surface area contributed by atoms with Gasteiger partial charge >= 0.3 is 0 Å². The molecule has 3 atom stereocenters. The number of rotatable bonds is 4. The van der Waals surface area contributed by atoms with Crippen LogP contribution in [0.15, 0.2) is 24.3 Å². The molecular weight excluding hydrogens is 265 g/mol. The van der Waals surface area contributed by atoms with Crippen LogP contribution in [-0.4, -0.2) is 48.1 Å². The van der Waals surface area contributed by atoms with Crippen molar-refractivity contribution in [2.75, 3.05) is 26.7 Å². The lowest BCUT2D eigenvalue weighted by Crippen LogP contribution is -2.59. The van der Waals surface area contributed by atoms with Crippen LogP contribution < -0.4 is 5.73 Å². The van der Waals surface area contributed by atoms with E-state index in [1.165, 1.54) is 19.4 Å². The number of fused-ring (bicyclic) bond motifs is 1. The summed E-state index contributed by atoms with van der Waals surface area (Å²) in [6.45, 7) is 5.04. The number of likely N-dealkylation sites (N-methyl/N-ethyl adjacent to an activating group) is 1. The fourth-order valence-corrected chi connectivity index (χ4v) is 4.41. The molecule has 2 heterocycles. The third-order valence-electron chi connectivity index (χ3n) is 5.81. The second kappa shape index (κ2) is 5.67. The first-order valence-electron chi connectivity index (χ1n) is 8.01. The summed E-state index contributed by atoms with van der Waals surface area (Å²) >= 11 is 0. The molecule has 0 aliphatic carbocycles. The van der Waals surface area contributed by atoms with Crippen molar-refractivity contribution < 1.29 is 4.39 Å². The molecule has 0 saturated carbocycles. The summed E-state index contributed by atoms with van der Waals surface area (Å²) < 4.78 is 14.1. The number of halogens is 1. The lowest BCUT2D eigenvalue weighted by atomic mass is 9.85. The SMILES string of the molecule is CC(c1ccccc1F)N(C)C1(CN)CCN2CCCC21. The Bertz CT molecular complexity index is 507. The third-order valence-corrected chi connectivity index (χ3v) is 5.81. The molecule has 1 aromatic rings. The van der Waals surface area contributed by atoms with E-state index in [-0.39, 0.29) is 17.4 Å². The molecule has 0 amide bonds. The lowest BCUT2D eigenvalue weighted by Gasteiger charge is -2.45. The monoisotopic (exact) mass is 291 g/mol. The summed E-state index contributed by atoms with van der Waals surface area (Å²) in [7, 11) is 2.12. The van der Waals surface area contributed by atoms with E-state index in [1.807, 2.05) is 12.1 Å². The highest BCUT2D eigenvalue weighted by molar-refractivity contribution is 5.22. The molecule has 2 fully saturated rings. The second-order valence-electron chi connectivity index (χ2n) is 6.56. The molecule has 1 aromatic carbocycles. The van der Waals surface area contributed by atoms with E-state index >= 15 is 0 Å². The van der Waals surface area contributed by atoms with Gasteiger partial charge in [0.25, 0.3) is 0 Å². The Morgan fingerprint density at radius 1 is 1.43 bits per heavy atom. The van der Waals surface area contributed by atoms with Crippen molar-refractivity contribution in [3.63, 3.8) is 0 Å². The van der Waals surface area contributed by atoms with E-state index in [2.05, 4.69) is 23.8 Å². The standard InChI is InChI=1S/C17H26FN3/c1-13(14-6-3-4-7-15(14)18)20(2)17(12-19)9-11-21-10-5-8-16(17)21/h3-4,6-7,13,16H,5,8-12,19H2,1-2H3. The van der Waals surface area contributed by atoms with Crippen molar-refractivity contribution in [2.45, 2.75) is 43.8 Å². The number of hydrogen-bond donors (Lipinski definition) is 1. The van der Waals surface area contributed by atoms with Gasteiger partial charge in [0.1, 0.15) is 5.82 Å². The quantitative estimate of drug-likeness (QED) is 0.924. The van der Waals surface area contributed by atoms with Crippen molar-refractivity contribution in [2.24, 2.45) is 5.73 Å². The van der Waals surface area contributed by atoms with Crippen molar-refractivity contribution in [3.05, 3.63) is 35.6 Å². The molecular formula is C17H26FN3. The first-order valence-corrected chi connectivity index (χ1v) is 8.01. The van der Waals surface area contributed by atoms with Crippen molar-refractivity contribution in [1.82, 2.24) is 9.80 Å². The van der Waals surface area contributed by atoms with E-state index in [1.54, 1.807) is 12.1 Å². The number of hydrogen-bond acceptors (Lipinski definition) is 3. The summed E-state index contributed by atoms with van der Waals surface area (Å²) in [4.78, 5) is 4.90. The average molecular weight is 291 g/mol. The maximum atomic E-state index is 14.1. The van der Waals surface area contributed by atoms with Crippen LogP contribution in [0, 0.1) is 5.82 Å². The lowest BCUT2D eigenvalue weighted by molar-refractivity contribution is 0.0558. The molecule has 3 rings (SSSR count). The molecule has 21 heavy (non-hydrogen) atoms. The van der Waals surface area contributed by atoms with Crippen LogP contribution in [0.1, 0.15) is 37.8 Å². The Hall–Kier alpha value is -0.970. The average Bonchev–Trinajstić information content (AvgIpc) is 3.09. The molecule has 2 N–H and O–H groups in total. The summed E-state index contributed by atoms with van der Waals surface area (Å²) in [6.07, 6.45) is 3.56. The van der Waals surface area contributed by atoms with Crippen LogP contribution in [0.3, 0.4) is 0 Å². The zero-order chi connectivity index (χ0) is 15.0. The number of nitrogens with two attached hydrogens (primary N) is 1. The van der Waals surface area contributed by atoms with Crippen LogP contribution >= 0.6 is 0 Å². The highest BCUT2D eigenvalue weighted by atomic mass is 19.1. The van der Waals surface area contributed by atoms with Gasteiger partial charge in [-0.1, -0.05) is 18.2 Å². The van der Waals surface area contributed by atoms with Gasteiger partial charge in [-0.25, -0.2) is 4.39 Å². The van der Waals surface area contributed by atoms with Gasteiger partial charge in [-0.05, 0) is 45.8 Å². The minimum absolute atomic E-state index is 0.0157. The molecule has 3 unspecified atom stereocenters. The Kier molecular flexibility index (Phi) is 4.04. The summed E-state index contributed by atoms with van der Waals surface area (Å²) in [6, 6.07) is 7.66. The van der Waals surface area contributed by atoms with Crippen molar-refractivity contribution in [1.29, 1.82) is 0 Å². The largest absolute Gasteiger partial charge is 0.329 e. The van der Waals surface area contributed by atoms with Gasteiger partial charge in [0.05, 0.1) is 5.54 Å². The summed E-state index contributed by atoms with van der Waals surface area (Å²) in [5, 5.41) is 0. The third kappa shape index (κ3) is 2.30. The Morgan fingerprint density at radius 3 is 2.90 bits per heavy atom. The van der Waals surface area contributed by atoms with Crippen molar-refractivity contribution >= 4 is 0 Å². The summed E-state index contributed by atoms with van der Waals surface area (Å²) in [5.74, 6) is -0.120. The fraction of sp³-hybridized carbons (Fsp3) is 0.647. The summed E-state index contributed by atoms with van der Waals surface area (Å²) in [5.41, 5.74) is 6.97. The zero-order valence-electron chi connectivity index (χ0n) is 13.1. The van der Waals surface area contributed by atoms with E-state index in [4.69, 9.17) is 5.73 Å². The highest BCUT2D eigenvalue weighted by Crippen LogP contribution is 2.42. The molecule has 2 saturated heterocycles. The minimum Gasteiger partial charge on any atom is -0.329 e. The van der Waals surface area contributed by atoms with Gasteiger partial charge < -0.3 is 5.73 Å². The Labute approximate surface area is 126 Å². The maximum Gasteiger partial charge on any atom is 0.127 e. The van der Waals surface area contributed by atoms with Crippen LogP contribution in [0.5, 0.6) is 0 Å². The van der Waals surface area contributed by atoms with Crippen LogP contribution in [-0.2, 0) is 0 Å². The van der Waals surface area contributed by atoms with E-state index in [9.17, 15) is 4.39 Å². The molecule has 0 bridgehead atoms. The zero-order valence-corrected chi connectivity index (χ0v) is 13.1. The molecule has 0 radical (unpaired) electrons. The normalized spacial score (nSPS) is 30.8. The molecule has 2 aliphatic rings. The predicted octanol–water partition coefficient (Wildman–Crippen LogP) is 2.38. The Balaban J connectivity index is 1.89. The maximum absolute atomic E-state index is 14.1. The fourth-order valence-electron chi connectivity index (χ4n) is 4.41. The molecule has 2 aliphatic heterocycles. The Morgan fingerprint density at radius 2 is 2.19 bits per heavy atom. The van der Waals surface area contributed by atoms with Gasteiger partial charge in [-0.3, -0.25) is 9.80 Å². The molecule has 0 aromatic heterocycles. The molecule has 116 valence electrons. The molecule has 4 heteroatoms. The van der Waals surface area contributed by atoms with Gasteiger partial charge in [0.2, 0.25) is 0 Å². The van der Waals surface area contributed by atoms with Gasteiger partial charge in [-0.15, -0.1) is 0 Å². The van der Waals surface area contributed by atoms with Crippen LogP contribution in [0.25, 0.3) is 0 Å². The van der Waals surface area contributed by atoms with Crippen LogP contribution in [0.4, 0.5) is 4.39 Å². The van der Waals surface area contributed by atoms with Crippen LogP contribution in [0.2, 0.25) is 0 Å². The van der Waals surface area contributed by atoms with Crippen molar-refractivity contribution in [3.8, 4) is 0 Å². The second-order valence-corrected chi connectivity index (χ2v) is 6.56. The van der Waals surface area contributed by atoms with Gasteiger partial charge in [0, 0.05) is 30.7 Å². The molecule has 0 spiro atoms. The van der Waals surface area contributed by atoms with E-state index in [0.717, 1.165) is 18.5 Å². The first-order chi connectivity index (χ1) is 10.1. The smallest absolute Gasteiger partial charge is 0.127 e. The molecule has 3 nitrogen and oxygen atoms in total.